The molecule has 1 heterocycles. The summed E-state index contributed by atoms with van der Waals surface area (Å²) in [4.78, 5) is 50.1. The number of halogens is 4. The van der Waals surface area contributed by atoms with Gasteiger partial charge >= 0.3 is 5.97 Å². The van der Waals surface area contributed by atoms with E-state index in [1.165, 1.54) is 12.1 Å². The lowest BCUT2D eigenvalue weighted by molar-refractivity contribution is -0.140. The van der Waals surface area contributed by atoms with Gasteiger partial charge in [-0.25, -0.2) is 13.5 Å². The highest BCUT2D eigenvalue weighted by Crippen LogP contribution is 2.28. The van der Waals surface area contributed by atoms with E-state index in [1.807, 2.05) is 24.3 Å². The summed E-state index contributed by atoms with van der Waals surface area (Å²) in [6.45, 7) is 6.51. The van der Waals surface area contributed by atoms with Crippen LogP contribution < -0.4 is 15.6 Å². The third-order valence-corrected chi connectivity index (χ3v) is 6.58. The average molecular weight is 606 g/mol. The smallest absolute Gasteiger partial charge is 0.305 e. The van der Waals surface area contributed by atoms with Crippen molar-refractivity contribution in [2.75, 3.05) is 6.61 Å². The number of ketones is 1. The Bertz CT molecular complexity index is 1560. The molecule has 1 unspecified atom stereocenters. The summed E-state index contributed by atoms with van der Waals surface area (Å²) < 4.78 is 60.4. The van der Waals surface area contributed by atoms with Gasteiger partial charge in [-0.15, -0.1) is 0 Å². The maximum absolute atomic E-state index is 13.9. The number of ether oxygens (including phenoxy) is 1. The van der Waals surface area contributed by atoms with Gasteiger partial charge in [-0.3, -0.25) is 19.2 Å². The van der Waals surface area contributed by atoms with Crippen LogP contribution in [-0.4, -0.2) is 45.2 Å². The van der Waals surface area contributed by atoms with Crippen LogP contribution in [0.25, 0.3) is 0 Å². The molecular weight excluding hydrogens is 574 g/mol. The van der Waals surface area contributed by atoms with E-state index in [0.717, 1.165) is 15.8 Å². The number of Topliss-reactive ketones (excluding diaryl/α,β-unsaturated/α-hetero) is 1. The van der Waals surface area contributed by atoms with Crippen molar-refractivity contribution in [2.45, 2.75) is 64.5 Å². The molecule has 13 heteroatoms. The van der Waals surface area contributed by atoms with Crippen LogP contribution in [0.15, 0.2) is 47.3 Å². The molecule has 0 bridgehead atoms. The lowest BCUT2D eigenvalue weighted by Gasteiger charge is -2.23. The van der Waals surface area contributed by atoms with Crippen LogP contribution in [0.2, 0.25) is 0 Å². The summed E-state index contributed by atoms with van der Waals surface area (Å²) in [7, 11) is 0. The number of carbonyl (C=O) groups is 3. The van der Waals surface area contributed by atoms with Gasteiger partial charge < -0.3 is 15.2 Å². The number of nitrogens with zero attached hydrogens (tertiary/aromatic N) is 2. The molecule has 0 saturated heterocycles. The Morgan fingerprint density at radius 3 is 2.23 bits per heavy atom. The summed E-state index contributed by atoms with van der Waals surface area (Å²) in [6.07, 6.45) is -0.597. The molecule has 230 valence electrons. The number of aliphatic carboxylic acids is 1. The van der Waals surface area contributed by atoms with E-state index in [4.69, 9.17) is 0 Å². The Labute approximate surface area is 244 Å². The zero-order valence-corrected chi connectivity index (χ0v) is 23.9. The molecule has 0 saturated carbocycles. The Kier molecular flexibility index (Phi) is 10.4. The van der Waals surface area contributed by atoms with Crippen molar-refractivity contribution < 1.29 is 41.8 Å². The van der Waals surface area contributed by atoms with Gasteiger partial charge in [-0.1, -0.05) is 52.0 Å². The normalized spacial score (nSPS) is 12.8. The highest BCUT2D eigenvalue weighted by Gasteiger charge is 2.30. The van der Waals surface area contributed by atoms with E-state index >= 15 is 0 Å². The fourth-order valence-electron chi connectivity index (χ4n) is 4.46. The first-order valence-corrected chi connectivity index (χ1v) is 13.3. The summed E-state index contributed by atoms with van der Waals surface area (Å²) >= 11 is 0. The molecule has 0 spiro atoms. The molecule has 3 rings (SSSR count). The fraction of sp³-hybridized carbons (Fsp3) is 0.367. The van der Waals surface area contributed by atoms with Crippen molar-refractivity contribution in [1.82, 2.24) is 15.1 Å². The minimum atomic E-state index is -1.90. The molecular formula is C30H31F4N3O6. The lowest BCUT2D eigenvalue weighted by atomic mass is 9.82. The first-order chi connectivity index (χ1) is 20.1. The van der Waals surface area contributed by atoms with Gasteiger partial charge in [-0.2, -0.15) is 13.9 Å². The van der Waals surface area contributed by atoms with E-state index in [-0.39, 0.29) is 17.9 Å². The second-order valence-corrected chi connectivity index (χ2v) is 10.8. The SMILES string of the molecule is CCC(C(=O)N[C@@H](CC(=O)O)C(=O)COc1c(F)c(F)cc(F)c1F)n1nc(Cc2ccccc2C(C)(C)C)ccc1=O. The molecule has 1 amide bonds. The van der Waals surface area contributed by atoms with Gasteiger partial charge in [0.2, 0.25) is 17.5 Å². The fourth-order valence-corrected chi connectivity index (χ4v) is 4.46. The van der Waals surface area contributed by atoms with Gasteiger partial charge in [0.1, 0.15) is 18.7 Å². The molecule has 0 radical (unpaired) electrons. The third kappa shape index (κ3) is 8.05. The number of hydrogen-bond donors (Lipinski definition) is 2. The molecule has 43 heavy (non-hydrogen) atoms. The quantitative estimate of drug-likeness (QED) is 0.234. The van der Waals surface area contributed by atoms with Gasteiger partial charge in [0.25, 0.3) is 5.56 Å². The summed E-state index contributed by atoms with van der Waals surface area (Å²) in [6, 6.07) is 7.40. The van der Waals surface area contributed by atoms with Crippen molar-refractivity contribution in [1.29, 1.82) is 0 Å². The van der Waals surface area contributed by atoms with Crippen LogP contribution in [0, 0.1) is 23.3 Å². The van der Waals surface area contributed by atoms with Crippen molar-refractivity contribution in [3.8, 4) is 5.75 Å². The van der Waals surface area contributed by atoms with Crippen LogP contribution >= 0.6 is 0 Å². The lowest BCUT2D eigenvalue weighted by Crippen LogP contribution is -2.48. The van der Waals surface area contributed by atoms with Crippen LogP contribution in [0.4, 0.5) is 17.6 Å². The van der Waals surface area contributed by atoms with Gasteiger partial charge in [0, 0.05) is 18.6 Å². The third-order valence-electron chi connectivity index (χ3n) is 6.58. The molecule has 1 aromatic heterocycles. The van der Waals surface area contributed by atoms with Crippen molar-refractivity contribution >= 4 is 17.7 Å². The minimum absolute atomic E-state index is 0.0181. The zero-order valence-electron chi connectivity index (χ0n) is 23.9. The maximum atomic E-state index is 13.9. The van der Waals surface area contributed by atoms with Crippen LogP contribution in [0.3, 0.4) is 0 Å². The molecule has 2 aromatic carbocycles. The van der Waals surface area contributed by atoms with E-state index < -0.39 is 77.3 Å². The minimum Gasteiger partial charge on any atom is -0.481 e. The van der Waals surface area contributed by atoms with Crippen molar-refractivity contribution in [3.63, 3.8) is 0 Å². The largest absolute Gasteiger partial charge is 0.481 e. The number of carboxylic acid groups (broad SMARTS) is 1. The van der Waals surface area contributed by atoms with Crippen molar-refractivity contribution in [3.05, 3.63) is 92.9 Å². The van der Waals surface area contributed by atoms with Crippen LogP contribution in [0.5, 0.6) is 5.75 Å². The Balaban J connectivity index is 1.84. The summed E-state index contributed by atoms with van der Waals surface area (Å²) in [5, 5.41) is 15.9. The summed E-state index contributed by atoms with van der Waals surface area (Å²) in [5.41, 5.74) is 1.70. The highest BCUT2D eigenvalue weighted by atomic mass is 19.2. The first-order valence-electron chi connectivity index (χ1n) is 13.3. The second kappa shape index (κ2) is 13.6. The molecule has 0 fully saturated rings. The Hall–Kier alpha value is -4.55. The number of hydrogen-bond acceptors (Lipinski definition) is 6. The predicted molar refractivity (Wildman–Crippen MR) is 147 cm³/mol. The molecule has 0 aliphatic carbocycles. The molecule has 2 N–H and O–H groups in total. The average Bonchev–Trinajstić information content (AvgIpc) is 2.93. The van der Waals surface area contributed by atoms with Crippen molar-refractivity contribution in [2.24, 2.45) is 0 Å². The number of benzene rings is 2. The molecule has 0 aliphatic heterocycles. The monoisotopic (exact) mass is 605 g/mol. The maximum Gasteiger partial charge on any atom is 0.305 e. The zero-order chi connectivity index (χ0) is 32.1. The van der Waals surface area contributed by atoms with E-state index in [1.54, 1.807) is 6.92 Å². The predicted octanol–water partition coefficient (Wildman–Crippen LogP) is 4.25. The molecule has 9 nitrogen and oxygen atoms in total. The van der Waals surface area contributed by atoms with E-state index in [0.29, 0.717) is 12.1 Å². The molecule has 0 aliphatic rings. The van der Waals surface area contributed by atoms with E-state index in [2.05, 4.69) is 35.9 Å². The topological polar surface area (TPSA) is 128 Å². The number of nitrogens with one attached hydrogen (secondary N) is 1. The summed E-state index contributed by atoms with van der Waals surface area (Å²) in [5.74, 6) is -12.5. The number of carbonyl (C=O) groups excluding carboxylic acids is 2. The van der Waals surface area contributed by atoms with Gasteiger partial charge in [0.05, 0.1) is 12.1 Å². The van der Waals surface area contributed by atoms with Crippen LogP contribution in [-0.2, 0) is 26.2 Å². The second-order valence-electron chi connectivity index (χ2n) is 10.8. The standard InChI is InChI=1S/C30H31F4N3O6/c1-5-22(37-24(39)11-10-17(36-37)12-16-8-6-7-9-18(16)30(2,3)4)29(42)35-21(14-25(40)41)23(38)15-43-28-26(33)19(31)13-20(32)27(28)34/h6-11,13,21-22H,5,12,14-15H2,1-4H3,(H,35,42)(H,40,41)/t21-,22?/m0/s1. The first kappa shape index (κ1) is 33.0. The Morgan fingerprint density at radius 1 is 1.02 bits per heavy atom. The van der Waals surface area contributed by atoms with Crippen LogP contribution in [0.1, 0.15) is 63.4 Å². The number of amides is 1. The highest BCUT2D eigenvalue weighted by molar-refractivity contribution is 5.93. The number of rotatable bonds is 12. The number of carboxylic acids is 1. The Morgan fingerprint density at radius 2 is 1.65 bits per heavy atom. The van der Waals surface area contributed by atoms with Gasteiger partial charge in [0.15, 0.2) is 23.2 Å². The molecule has 3 aromatic rings. The number of aromatic nitrogens is 2. The van der Waals surface area contributed by atoms with E-state index in [9.17, 15) is 41.8 Å². The van der Waals surface area contributed by atoms with Gasteiger partial charge in [-0.05, 0) is 29.0 Å². The molecule has 2 atom stereocenters.